The minimum absolute atomic E-state index is 0.0163. The number of pyridine rings is 1. The lowest BCUT2D eigenvalue weighted by Crippen LogP contribution is -2.25. The summed E-state index contributed by atoms with van der Waals surface area (Å²) in [6.45, 7) is 0.855. The number of anilines is 2. The number of hydrogen-bond donors (Lipinski definition) is 2. The molecule has 1 fully saturated rings. The molecule has 168 valence electrons. The predicted octanol–water partition coefficient (Wildman–Crippen LogP) is 3.17. The number of hydrogen-bond acceptors (Lipinski definition) is 5. The Hall–Kier alpha value is -3.14. The van der Waals surface area contributed by atoms with Crippen molar-refractivity contribution in [1.29, 1.82) is 0 Å². The van der Waals surface area contributed by atoms with E-state index in [1.165, 1.54) is 12.3 Å². The number of rotatable bonds is 6. The summed E-state index contributed by atoms with van der Waals surface area (Å²) in [4.78, 5) is 28.7. The Bertz CT molecular complexity index is 911. The van der Waals surface area contributed by atoms with E-state index >= 15 is 0 Å². The molecule has 0 spiro atoms. The zero-order chi connectivity index (χ0) is 23.0. The summed E-state index contributed by atoms with van der Waals surface area (Å²) < 4.78 is 41.9. The van der Waals surface area contributed by atoms with Crippen LogP contribution in [0.1, 0.15) is 12.8 Å². The molecule has 0 aliphatic carbocycles. The summed E-state index contributed by atoms with van der Waals surface area (Å²) in [5, 5.41) is 9.68. The van der Waals surface area contributed by atoms with Crippen molar-refractivity contribution >= 4 is 23.9 Å². The van der Waals surface area contributed by atoms with Gasteiger partial charge in [0.05, 0.1) is 12.2 Å². The fourth-order valence-electron chi connectivity index (χ4n) is 3.18. The standard InChI is InChI=1S/C20H23F3N4O.CH2O2/c1-26(2)9-7-18(28)25-19-15(16-11-13(21)3-4-17(16)23)5-8-24-20(19)27-10-6-14(22)12-27;2-1-3/h3-5,8,11,14H,6-7,9-10,12H2,1-2H3,(H,25,28);1H,(H,2,3)/t14-;/m0./s1. The van der Waals surface area contributed by atoms with Gasteiger partial charge in [-0.2, -0.15) is 0 Å². The van der Waals surface area contributed by atoms with Gasteiger partial charge in [0, 0.05) is 36.8 Å². The van der Waals surface area contributed by atoms with Crippen LogP contribution in [0.25, 0.3) is 11.1 Å². The smallest absolute Gasteiger partial charge is 0.290 e. The number of amides is 1. The summed E-state index contributed by atoms with van der Waals surface area (Å²) in [5.74, 6) is -1.13. The highest BCUT2D eigenvalue weighted by Crippen LogP contribution is 2.37. The molecule has 3 rings (SSSR count). The van der Waals surface area contributed by atoms with Gasteiger partial charge in [-0.05, 0) is 44.8 Å². The number of carbonyl (C=O) groups is 2. The number of carboxylic acid groups (broad SMARTS) is 1. The molecule has 1 amide bonds. The zero-order valence-electron chi connectivity index (χ0n) is 17.3. The lowest BCUT2D eigenvalue weighted by molar-refractivity contribution is -0.123. The van der Waals surface area contributed by atoms with Gasteiger partial charge in [-0.3, -0.25) is 9.59 Å². The van der Waals surface area contributed by atoms with Gasteiger partial charge in [0.15, 0.2) is 5.82 Å². The lowest BCUT2D eigenvalue weighted by Gasteiger charge is -2.23. The van der Waals surface area contributed by atoms with E-state index in [2.05, 4.69) is 10.3 Å². The molecule has 0 unspecified atom stereocenters. The molecule has 10 heteroatoms. The van der Waals surface area contributed by atoms with Gasteiger partial charge >= 0.3 is 0 Å². The molecule has 2 aromatic rings. The molecular weight excluding hydrogens is 413 g/mol. The maximum Gasteiger partial charge on any atom is 0.290 e. The van der Waals surface area contributed by atoms with Crippen LogP contribution in [-0.4, -0.2) is 67.3 Å². The number of benzene rings is 1. The van der Waals surface area contributed by atoms with Crippen LogP contribution in [0, 0.1) is 11.6 Å². The first kappa shape index (κ1) is 24.1. The van der Waals surface area contributed by atoms with Crippen molar-refractivity contribution in [2.45, 2.75) is 19.0 Å². The van der Waals surface area contributed by atoms with Gasteiger partial charge < -0.3 is 20.2 Å². The van der Waals surface area contributed by atoms with E-state index in [-0.39, 0.29) is 36.6 Å². The molecule has 1 aliphatic rings. The molecule has 2 N–H and O–H groups in total. The highest BCUT2D eigenvalue weighted by molar-refractivity contribution is 5.99. The monoisotopic (exact) mass is 438 g/mol. The van der Waals surface area contributed by atoms with Crippen molar-refractivity contribution < 1.29 is 27.9 Å². The third-order valence-electron chi connectivity index (χ3n) is 4.63. The number of alkyl halides is 1. The Balaban J connectivity index is 0.00000107. The second-order valence-electron chi connectivity index (χ2n) is 7.22. The van der Waals surface area contributed by atoms with Crippen LogP contribution in [0.4, 0.5) is 24.7 Å². The average molecular weight is 438 g/mol. The first-order chi connectivity index (χ1) is 14.8. The quantitative estimate of drug-likeness (QED) is 0.674. The highest BCUT2D eigenvalue weighted by Gasteiger charge is 2.27. The van der Waals surface area contributed by atoms with Crippen LogP contribution < -0.4 is 10.2 Å². The lowest BCUT2D eigenvalue weighted by atomic mass is 10.0. The number of nitrogens with zero attached hydrogens (tertiary/aromatic N) is 3. The fourth-order valence-corrected chi connectivity index (χ4v) is 3.18. The summed E-state index contributed by atoms with van der Waals surface area (Å²) in [5.41, 5.74) is 0.593. The molecule has 0 bridgehead atoms. The van der Waals surface area contributed by atoms with Crippen molar-refractivity contribution in [1.82, 2.24) is 9.88 Å². The van der Waals surface area contributed by atoms with Crippen LogP contribution in [0.15, 0.2) is 30.5 Å². The van der Waals surface area contributed by atoms with Gasteiger partial charge in [-0.1, -0.05) is 0 Å². The first-order valence-corrected chi connectivity index (χ1v) is 9.62. The van der Waals surface area contributed by atoms with Crippen molar-refractivity contribution in [3.63, 3.8) is 0 Å². The largest absolute Gasteiger partial charge is 0.483 e. The van der Waals surface area contributed by atoms with Gasteiger partial charge in [-0.15, -0.1) is 0 Å². The highest BCUT2D eigenvalue weighted by atomic mass is 19.1. The van der Waals surface area contributed by atoms with E-state index in [1.807, 2.05) is 19.0 Å². The van der Waals surface area contributed by atoms with Crippen molar-refractivity contribution in [3.05, 3.63) is 42.1 Å². The van der Waals surface area contributed by atoms with E-state index in [1.54, 1.807) is 4.90 Å². The van der Waals surface area contributed by atoms with Gasteiger partial charge in [0.2, 0.25) is 5.91 Å². The minimum atomic E-state index is -0.992. The summed E-state index contributed by atoms with van der Waals surface area (Å²) >= 11 is 0. The van der Waals surface area contributed by atoms with Crippen LogP contribution in [0.2, 0.25) is 0 Å². The van der Waals surface area contributed by atoms with Crippen LogP contribution in [-0.2, 0) is 9.59 Å². The molecule has 1 atom stereocenters. The molecule has 1 aliphatic heterocycles. The Kier molecular flexibility index (Phi) is 8.80. The molecule has 31 heavy (non-hydrogen) atoms. The van der Waals surface area contributed by atoms with Gasteiger partial charge in [-0.25, -0.2) is 18.2 Å². The molecule has 0 radical (unpaired) electrons. The SMILES string of the molecule is CN(C)CCC(=O)Nc1c(-c2cc(F)ccc2F)ccnc1N1CC[C@H](F)C1.O=CO. The Labute approximate surface area is 178 Å². The zero-order valence-corrected chi connectivity index (χ0v) is 17.3. The Morgan fingerprint density at radius 1 is 1.32 bits per heavy atom. The van der Waals surface area contributed by atoms with Crippen LogP contribution in [0.3, 0.4) is 0 Å². The number of halogens is 3. The molecular formula is C21H25F3N4O3. The Morgan fingerprint density at radius 2 is 2.03 bits per heavy atom. The number of nitrogens with one attached hydrogen (secondary N) is 1. The maximum atomic E-state index is 14.4. The first-order valence-electron chi connectivity index (χ1n) is 9.62. The number of carbonyl (C=O) groups excluding carboxylic acids is 1. The van der Waals surface area contributed by atoms with Crippen molar-refractivity contribution in [2.75, 3.05) is 43.9 Å². The van der Waals surface area contributed by atoms with Crippen LogP contribution in [0.5, 0.6) is 0 Å². The summed E-state index contributed by atoms with van der Waals surface area (Å²) in [6.07, 6.45) is 1.04. The minimum Gasteiger partial charge on any atom is -0.483 e. The normalized spacial score (nSPS) is 15.4. The second-order valence-corrected chi connectivity index (χ2v) is 7.22. The van der Waals surface area contributed by atoms with E-state index in [0.717, 1.165) is 18.2 Å². The third kappa shape index (κ3) is 6.68. The molecule has 1 aromatic heterocycles. The average Bonchev–Trinajstić information content (AvgIpc) is 3.15. The topological polar surface area (TPSA) is 85.8 Å². The molecule has 7 nitrogen and oxygen atoms in total. The van der Waals surface area contributed by atoms with Gasteiger partial charge in [0.25, 0.3) is 6.47 Å². The van der Waals surface area contributed by atoms with Crippen molar-refractivity contribution in [3.8, 4) is 11.1 Å². The molecule has 0 saturated carbocycles. The fraction of sp³-hybridized carbons (Fsp3) is 0.381. The van der Waals surface area contributed by atoms with E-state index in [9.17, 15) is 18.0 Å². The Morgan fingerprint density at radius 3 is 2.65 bits per heavy atom. The summed E-state index contributed by atoms with van der Waals surface area (Å²) in [6, 6.07) is 4.66. The number of aromatic nitrogens is 1. The van der Waals surface area contributed by atoms with Gasteiger partial charge in [0.1, 0.15) is 17.8 Å². The second kappa shape index (κ2) is 11.3. The maximum absolute atomic E-state index is 14.4. The molecule has 2 heterocycles. The van der Waals surface area contributed by atoms with Crippen molar-refractivity contribution in [2.24, 2.45) is 0 Å². The molecule has 1 aromatic carbocycles. The molecule has 1 saturated heterocycles. The third-order valence-corrected chi connectivity index (χ3v) is 4.63. The van der Waals surface area contributed by atoms with E-state index < -0.39 is 17.8 Å². The van der Waals surface area contributed by atoms with E-state index in [0.29, 0.717) is 30.9 Å². The van der Waals surface area contributed by atoms with Crippen LogP contribution >= 0.6 is 0 Å². The predicted molar refractivity (Wildman–Crippen MR) is 112 cm³/mol. The van der Waals surface area contributed by atoms with E-state index in [4.69, 9.17) is 9.90 Å². The summed E-state index contributed by atoms with van der Waals surface area (Å²) in [7, 11) is 3.70.